The summed E-state index contributed by atoms with van der Waals surface area (Å²) < 4.78 is 10.1. The van der Waals surface area contributed by atoms with Crippen LogP contribution in [0.15, 0.2) is 0 Å². The normalized spacial score (nSPS) is 21.2. The summed E-state index contributed by atoms with van der Waals surface area (Å²) in [7, 11) is 3.08. The van der Waals surface area contributed by atoms with E-state index in [0.717, 1.165) is 19.3 Å². The number of methoxy groups -OCH3 is 2. The number of hydrogen-bond acceptors (Lipinski definition) is 4. The first-order valence-corrected chi connectivity index (χ1v) is 5.92. The summed E-state index contributed by atoms with van der Waals surface area (Å²) in [6.07, 6.45) is 3.52. The van der Waals surface area contributed by atoms with Crippen LogP contribution in [0.25, 0.3) is 0 Å². The molecule has 1 aliphatic carbocycles. The van der Waals surface area contributed by atoms with Crippen LogP contribution in [0.2, 0.25) is 0 Å². The first-order valence-electron chi connectivity index (χ1n) is 5.92. The summed E-state index contributed by atoms with van der Waals surface area (Å²) in [5.41, 5.74) is 5.97. The van der Waals surface area contributed by atoms with Gasteiger partial charge in [-0.2, -0.15) is 0 Å². The van der Waals surface area contributed by atoms with Crippen LogP contribution in [0.5, 0.6) is 0 Å². The van der Waals surface area contributed by atoms with E-state index in [9.17, 15) is 4.79 Å². The van der Waals surface area contributed by atoms with Crippen molar-refractivity contribution >= 4 is 5.97 Å². The average molecular weight is 229 g/mol. The maximum Gasteiger partial charge on any atom is 0.306 e. The molecular weight excluding hydrogens is 206 g/mol. The third-order valence-corrected chi connectivity index (χ3v) is 3.68. The van der Waals surface area contributed by atoms with Gasteiger partial charge in [-0.05, 0) is 25.2 Å². The number of carbonyl (C=O) groups is 1. The molecule has 0 amide bonds. The van der Waals surface area contributed by atoms with Crippen LogP contribution in [-0.2, 0) is 14.3 Å². The number of esters is 1. The summed E-state index contributed by atoms with van der Waals surface area (Å²) in [6.45, 7) is 2.59. The summed E-state index contributed by atoms with van der Waals surface area (Å²) in [5.74, 6) is 0.328. The summed E-state index contributed by atoms with van der Waals surface area (Å²) >= 11 is 0. The molecular formula is C12H23NO3. The summed E-state index contributed by atoms with van der Waals surface area (Å²) in [6, 6.07) is -0.000880. The standard InChI is InChI=1S/C12H23NO3/c1-4-10(13)12(8-15-2,9-5-6-9)7-11(14)16-3/h9-10H,4-8,13H2,1-3H3. The van der Waals surface area contributed by atoms with Gasteiger partial charge in [-0.15, -0.1) is 0 Å². The highest BCUT2D eigenvalue weighted by Crippen LogP contribution is 2.50. The Morgan fingerprint density at radius 2 is 2.12 bits per heavy atom. The minimum atomic E-state index is -0.226. The zero-order valence-electron chi connectivity index (χ0n) is 10.5. The van der Waals surface area contributed by atoms with Gasteiger partial charge in [0.15, 0.2) is 0 Å². The van der Waals surface area contributed by atoms with Gasteiger partial charge in [0.05, 0.1) is 20.1 Å². The SMILES string of the molecule is CCC(N)C(COC)(CC(=O)OC)C1CC1. The van der Waals surface area contributed by atoms with E-state index in [2.05, 4.69) is 6.92 Å². The van der Waals surface area contributed by atoms with Gasteiger partial charge in [0.2, 0.25) is 0 Å². The van der Waals surface area contributed by atoms with Crippen LogP contribution in [-0.4, -0.2) is 32.8 Å². The molecule has 4 heteroatoms. The van der Waals surface area contributed by atoms with Crippen molar-refractivity contribution in [3.05, 3.63) is 0 Å². The maximum absolute atomic E-state index is 11.5. The van der Waals surface area contributed by atoms with Crippen molar-refractivity contribution in [2.24, 2.45) is 17.1 Å². The molecule has 1 fully saturated rings. The number of hydrogen-bond donors (Lipinski definition) is 1. The van der Waals surface area contributed by atoms with Crippen LogP contribution in [0.4, 0.5) is 0 Å². The highest BCUT2D eigenvalue weighted by molar-refractivity contribution is 5.70. The molecule has 2 atom stereocenters. The largest absolute Gasteiger partial charge is 0.469 e. The molecule has 0 radical (unpaired) electrons. The summed E-state index contributed by atoms with van der Waals surface area (Å²) in [5, 5.41) is 0. The molecule has 0 aliphatic heterocycles. The Hall–Kier alpha value is -0.610. The smallest absolute Gasteiger partial charge is 0.306 e. The van der Waals surface area contributed by atoms with Crippen molar-refractivity contribution < 1.29 is 14.3 Å². The monoisotopic (exact) mass is 229 g/mol. The summed E-state index contributed by atoms with van der Waals surface area (Å²) in [4.78, 5) is 11.5. The predicted molar refractivity (Wildman–Crippen MR) is 61.9 cm³/mol. The second kappa shape index (κ2) is 5.64. The molecule has 2 unspecified atom stereocenters. The molecule has 0 bridgehead atoms. The Morgan fingerprint density at radius 1 is 1.50 bits per heavy atom. The third kappa shape index (κ3) is 2.74. The molecule has 0 aromatic carbocycles. The Bertz CT molecular complexity index is 240. The fraction of sp³-hybridized carbons (Fsp3) is 0.917. The van der Waals surface area contributed by atoms with Crippen molar-refractivity contribution in [2.45, 2.75) is 38.6 Å². The van der Waals surface area contributed by atoms with Gasteiger partial charge in [-0.1, -0.05) is 6.92 Å². The van der Waals surface area contributed by atoms with Gasteiger partial charge in [0.25, 0.3) is 0 Å². The molecule has 16 heavy (non-hydrogen) atoms. The van der Waals surface area contributed by atoms with Crippen LogP contribution in [0, 0.1) is 11.3 Å². The molecule has 0 aromatic rings. The zero-order chi connectivity index (χ0) is 12.2. The van der Waals surface area contributed by atoms with Crippen LogP contribution < -0.4 is 5.73 Å². The number of rotatable bonds is 7. The molecule has 0 spiro atoms. The zero-order valence-corrected chi connectivity index (χ0v) is 10.5. The van der Waals surface area contributed by atoms with E-state index in [0.29, 0.717) is 18.9 Å². The maximum atomic E-state index is 11.5. The van der Waals surface area contributed by atoms with Gasteiger partial charge in [0, 0.05) is 18.6 Å². The lowest BCUT2D eigenvalue weighted by molar-refractivity contribution is -0.145. The molecule has 0 heterocycles. The predicted octanol–water partition coefficient (Wildman–Crippen LogP) is 1.33. The average Bonchev–Trinajstić information content (AvgIpc) is 3.11. The highest BCUT2D eigenvalue weighted by Gasteiger charge is 2.50. The lowest BCUT2D eigenvalue weighted by Gasteiger charge is -2.37. The quantitative estimate of drug-likeness (QED) is 0.669. The first kappa shape index (κ1) is 13.5. The van der Waals surface area contributed by atoms with Gasteiger partial charge < -0.3 is 15.2 Å². The lowest BCUT2D eigenvalue weighted by Crippen LogP contribution is -2.48. The third-order valence-electron chi connectivity index (χ3n) is 3.68. The van der Waals surface area contributed by atoms with Gasteiger partial charge in [-0.25, -0.2) is 0 Å². The second-order valence-corrected chi connectivity index (χ2v) is 4.71. The molecule has 1 aliphatic rings. The molecule has 0 saturated heterocycles. The van der Waals surface area contributed by atoms with Gasteiger partial charge >= 0.3 is 5.97 Å². The van der Waals surface area contributed by atoms with Crippen LogP contribution in [0.1, 0.15) is 32.6 Å². The van der Waals surface area contributed by atoms with E-state index in [4.69, 9.17) is 15.2 Å². The van der Waals surface area contributed by atoms with E-state index in [-0.39, 0.29) is 17.4 Å². The van der Waals surface area contributed by atoms with Crippen molar-refractivity contribution in [2.75, 3.05) is 20.8 Å². The van der Waals surface area contributed by atoms with E-state index < -0.39 is 0 Å². The Morgan fingerprint density at radius 3 is 2.50 bits per heavy atom. The van der Waals surface area contributed by atoms with Crippen LogP contribution in [0.3, 0.4) is 0 Å². The Labute approximate surface area is 97.5 Å². The second-order valence-electron chi connectivity index (χ2n) is 4.71. The molecule has 94 valence electrons. The van der Waals surface area contributed by atoms with Crippen molar-refractivity contribution in [1.29, 1.82) is 0 Å². The molecule has 2 N–H and O–H groups in total. The Kier molecular flexibility index (Phi) is 4.74. The number of nitrogens with two attached hydrogens (primary N) is 1. The van der Waals surface area contributed by atoms with Crippen molar-refractivity contribution in [3.63, 3.8) is 0 Å². The highest BCUT2D eigenvalue weighted by atomic mass is 16.5. The molecule has 1 rings (SSSR count). The van der Waals surface area contributed by atoms with E-state index >= 15 is 0 Å². The topological polar surface area (TPSA) is 61.5 Å². The molecule has 1 saturated carbocycles. The fourth-order valence-corrected chi connectivity index (χ4v) is 2.53. The molecule has 0 aromatic heterocycles. The van der Waals surface area contributed by atoms with Crippen LogP contribution >= 0.6 is 0 Å². The fourth-order valence-electron chi connectivity index (χ4n) is 2.53. The minimum Gasteiger partial charge on any atom is -0.469 e. The van der Waals surface area contributed by atoms with E-state index in [1.54, 1.807) is 7.11 Å². The number of ether oxygens (including phenoxy) is 2. The number of carbonyl (C=O) groups excluding carboxylic acids is 1. The van der Waals surface area contributed by atoms with Gasteiger partial charge in [-0.3, -0.25) is 4.79 Å². The Balaban J connectivity index is 2.82. The van der Waals surface area contributed by atoms with E-state index in [1.807, 2.05) is 0 Å². The van der Waals surface area contributed by atoms with Crippen molar-refractivity contribution in [3.8, 4) is 0 Å². The van der Waals surface area contributed by atoms with E-state index in [1.165, 1.54) is 7.11 Å². The van der Waals surface area contributed by atoms with Gasteiger partial charge in [0.1, 0.15) is 0 Å². The molecule has 4 nitrogen and oxygen atoms in total. The van der Waals surface area contributed by atoms with Crippen molar-refractivity contribution in [1.82, 2.24) is 0 Å². The lowest BCUT2D eigenvalue weighted by atomic mass is 9.73. The first-order chi connectivity index (χ1) is 7.60. The minimum absolute atomic E-state index is 0.000880.